The van der Waals surface area contributed by atoms with E-state index in [4.69, 9.17) is 0 Å². The SMILES string of the molecule is Cc1ccc(C)c(S(=O)(=O)NNC(=O)c2cncn2-c2ccc(F)cc2)c1. The molecule has 0 radical (unpaired) electrons. The molecular weight excluding hydrogens is 371 g/mol. The Balaban J connectivity index is 1.80. The predicted octanol–water partition coefficient (Wildman–Crippen LogP) is 2.25. The van der Waals surface area contributed by atoms with Gasteiger partial charge in [0.25, 0.3) is 15.9 Å². The molecule has 9 heteroatoms. The van der Waals surface area contributed by atoms with Crippen molar-refractivity contribution >= 4 is 15.9 Å². The maximum absolute atomic E-state index is 13.1. The molecule has 2 aromatic carbocycles. The van der Waals surface area contributed by atoms with E-state index in [-0.39, 0.29) is 10.6 Å². The van der Waals surface area contributed by atoms with Gasteiger partial charge >= 0.3 is 0 Å². The first kappa shape index (κ1) is 18.7. The van der Waals surface area contributed by atoms with Crippen LogP contribution >= 0.6 is 0 Å². The molecule has 7 nitrogen and oxygen atoms in total. The van der Waals surface area contributed by atoms with Crippen LogP contribution in [0.25, 0.3) is 5.69 Å². The Labute approximate surface area is 155 Å². The monoisotopic (exact) mass is 388 g/mol. The number of aromatic nitrogens is 2. The van der Waals surface area contributed by atoms with Gasteiger partial charge in [-0.05, 0) is 55.3 Å². The largest absolute Gasteiger partial charge is 0.295 e. The normalized spacial score (nSPS) is 11.4. The smallest absolute Gasteiger partial charge is 0.284 e. The standard InChI is InChI=1S/C18H17FN4O3S/c1-12-3-4-13(2)17(9-12)27(25,26)22-21-18(24)16-10-20-11-23(16)15-7-5-14(19)6-8-15/h3-11,22H,1-2H3,(H,21,24). The molecule has 0 bridgehead atoms. The Kier molecular flexibility index (Phi) is 5.06. The zero-order valence-corrected chi connectivity index (χ0v) is 15.4. The Morgan fingerprint density at radius 2 is 1.81 bits per heavy atom. The van der Waals surface area contributed by atoms with E-state index < -0.39 is 21.7 Å². The van der Waals surface area contributed by atoms with E-state index in [1.807, 2.05) is 0 Å². The van der Waals surface area contributed by atoms with E-state index in [9.17, 15) is 17.6 Å². The molecule has 3 rings (SSSR count). The van der Waals surface area contributed by atoms with E-state index in [1.54, 1.807) is 26.0 Å². The number of sulfonamides is 1. The van der Waals surface area contributed by atoms with Crippen LogP contribution in [0.15, 0.2) is 59.9 Å². The average Bonchev–Trinajstić information content (AvgIpc) is 3.12. The third-order valence-corrected chi connectivity index (χ3v) is 5.30. The Morgan fingerprint density at radius 1 is 1.11 bits per heavy atom. The maximum Gasteiger partial charge on any atom is 0.284 e. The summed E-state index contributed by atoms with van der Waals surface area (Å²) in [5.41, 5.74) is 4.11. The number of nitrogens with one attached hydrogen (secondary N) is 2. The van der Waals surface area contributed by atoms with Crippen LogP contribution in [-0.4, -0.2) is 23.9 Å². The van der Waals surface area contributed by atoms with E-state index in [2.05, 4.69) is 15.2 Å². The molecule has 3 aromatic rings. The van der Waals surface area contributed by atoms with Gasteiger partial charge in [0.15, 0.2) is 0 Å². The van der Waals surface area contributed by atoms with Crippen molar-refractivity contribution in [1.29, 1.82) is 0 Å². The summed E-state index contributed by atoms with van der Waals surface area (Å²) in [7, 11) is -3.94. The van der Waals surface area contributed by atoms with Crippen LogP contribution in [0.3, 0.4) is 0 Å². The number of imidazole rings is 1. The fourth-order valence-corrected chi connectivity index (χ4v) is 3.67. The summed E-state index contributed by atoms with van der Waals surface area (Å²) >= 11 is 0. The van der Waals surface area contributed by atoms with E-state index in [0.29, 0.717) is 11.3 Å². The van der Waals surface area contributed by atoms with Crippen molar-refractivity contribution < 1.29 is 17.6 Å². The second-order valence-electron chi connectivity index (χ2n) is 5.95. The van der Waals surface area contributed by atoms with Crippen molar-refractivity contribution in [2.45, 2.75) is 18.7 Å². The molecule has 0 spiro atoms. The highest BCUT2D eigenvalue weighted by atomic mass is 32.2. The van der Waals surface area contributed by atoms with Crippen molar-refractivity contribution in [1.82, 2.24) is 19.8 Å². The summed E-state index contributed by atoms with van der Waals surface area (Å²) in [6.07, 6.45) is 2.66. The van der Waals surface area contributed by atoms with Gasteiger partial charge in [-0.2, -0.15) is 0 Å². The average molecular weight is 388 g/mol. The van der Waals surface area contributed by atoms with Crippen LogP contribution in [0.5, 0.6) is 0 Å². The highest BCUT2D eigenvalue weighted by molar-refractivity contribution is 7.89. The number of nitrogens with zero attached hydrogens (tertiary/aromatic N) is 2. The molecule has 0 atom stereocenters. The highest BCUT2D eigenvalue weighted by Gasteiger charge is 2.20. The second-order valence-corrected chi connectivity index (χ2v) is 7.60. The molecular formula is C18H17FN4O3S. The summed E-state index contributed by atoms with van der Waals surface area (Å²) < 4.78 is 39.5. The molecule has 0 aliphatic rings. The number of carbonyl (C=O) groups excluding carboxylic acids is 1. The van der Waals surface area contributed by atoms with Gasteiger partial charge in [0, 0.05) is 5.69 Å². The fourth-order valence-electron chi connectivity index (χ4n) is 2.50. The molecule has 1 amide bonds. The minimum absolute atomic E-state index is 0.0786. The molecule has 2 N–H and O–H groups in total. The van der Waals surface area contributed by atoms with E-state index in [0.717, 1.165) is 5.56 Å². The van der Waals surface area contributed by atoms with Gasteiger partial charge in [-0.25, -0.2) is 17.8 Å². The molecule has 0 saturated carbocycles. The van der Waals surface area contributed by atoms with Crippen LogP contribution in [-0.2, 0) is 10.0 Å². The van der Waals surface area contributed by atoms with Crippen LogP contribution < -0.4 is 10.3 Å². The summed E-state index contributed by atoms with van der Waals surface area (Å²) in [6, 6.07) is 10.5. The second kappa shape index (κ2) is 7.29. The van der Waals surface area contributed by atoms with Gasteiger partial charge in [-0.15, -0.1) is 4.83 Å². The number of halogens is 1. The van der Waals surface area contributed by atoms with Crippen LogP contribution in [0, 0.1) is 19.7 Å². The fraction of sp³-hybridized carbons (Fsp3) is 0.111. The van der Waals surface area contributed by atoms with Crippen molar-refractivity contribution in [2.75, 3.05) is 0 Å². The lowest BCUT2D eigenvalue weighted by atomic mass is 10.2. The third kappa shape index (κ3) is 4.04. The number of carbonyl (C=O) groups is 1. The molecule has 0 fully saturated rings. The zero-order chi connectivity index (χ0) is 19.6. The lowest BCUT2D eigenvalue weighted by Crippen LogP contribution is -2.42. The van der Waals surface area contributed by atoms with Gasteiger partial charge in [0.2, 0.25) is 0 Å². The Morgan fingerprint density at radius 3 is 2.52 bits per heavy atom. The Bertz CT molecular complexity index is 1090. The minimum atomic E-state index is -3.94. The molecule has 0 aliphatic carbocycles. The maximum atomic E-state index is 13.1. The van der Waals surface area contributed by atoms with E-state index in [1.165, 1.54) is 47.4 Å². The molecule has 0 saturated heterocycles. The van der Waals surface area contributed by atoms with Gasteiger partial charge in [0.05, 0.1) is 17.4 Å². The number of hydrogen-bond donors (Lipinski definition) is 2. The lowest BCUT2D eigenvalue weighted by Gasteiger charge is -2.12. The topological polar surface area (TPSA) is 93.1 Å². The lowest BCUT2D eigenvalue weighted by molar-refractivity contribution is 0.0938. The van der Waals surface area contributed by atoms with Crippen LogP contribution in [0.1, 0.15) is 21.6 Å². The number of hydrazine groups is 1. The van der Waals surface area contributed by atoms with Crippen molar-refractivity contribution in [2.24, 2.45) is 0 Å². The number of hydrogen-bond acceptors (Lipinski definition) is 4. The minimum Gasteiger partial charge on any atom is -0.295 e. The number of aryl methyl sites for hydroxylation is 2. The molecule has 27 heavy (non-hydrogen) atoms. The van der Waals surface area contributed by atoms with Gasteiger partial charge < -0.3 is 0 Å². The number of rotatable bonds is 5. The van der Waals surface area contributed by atoms with E-state index >= 15 is 0 Å². The third-order valence-electron chi connectivity index (χ3n) is 3.91. The summed E-state index contributed by atoms with van der Waals surface area (Å²) in [6.45, 7) is 3.44. The zero-order valence-electron chi connectivity index (χ0n) is 14.6. The quantitative estimate of drug-likeness (QED) is 0.656. The molecule has 140 valence electrons. The Hall–Kier alpha value is -3.04. The molecule has 1 aromatic heterocycles. The number of amides is 1. The van der Waals surface area contributed by atoms with Crippen molar-refractivity contribution in [3.05, 3.63) is 77.6 Å². The van der Waals surface area contributed by atoms with Crippen molar-refractivity contribution in [3.63, 3.8) is 0 Å². The first-order valence-corrected chi connectivity index (χ1v) is 9.44. The van der Waals surface area contributed by atoms with Gasteiger partial charge in [0.1, 0.15) is 11.5 Å². The molecule has 0 aliphatic heterocycles. The van der Waals surface area contributed by atoms with Crippen LogP contribution in [0.4, 0.5) is 4.39 Å². The number of benzene rings is 2. The molecule has 1 heterocycles. The van der Waals surface area contributed by atoms with Crippen LogP contribution in [0.2, 0.25) is 0 Å². The first-order chi connectivity index (χ1) is 12.8. The summed E-state index contributed by atoms with van der Waals surface area (Å²) in [5, 5.41) is 0. The van der Waals surface area contributed by atoms with Gasteiger partial charge in [-0.1, -0.05) is 12.1 Å². The summed E-state index contributed by atoms with van der Waals surface area (Å²) in [5.74, 6) is -1.11. The molecule has 0 unspecified atom stereocenters. The summed E-state index contributed by atoms with van der Waals surface area (Å²) in [4.78, 5) is 18.5. The predicted molar refractivity (Wildman–Crippen MR) is 97.2 cm³/mol. The van der Waals surface area contributed by atoms with Crippen molar-refractivity contribution in [3.8, 4) is 5.69 Å². The first-order valence-electron chi connectivity index (χ1n) is 7.95. The van der Waals surface area contributed by atoms with Gasteiger partial charge in [-0.3, -0.25) is 14.8 Å². The highest BCUT2D eigenvalue weighted by Crippen LogP contribution is 2.16.